The number of amides is 2. The van der Waals surface area contributed by atoms with Crippen molar-refractivity contribution in [3.05, 3.63) is 66.2 Å². The zero-order valence-electron chi connectivity index (χ0n) is 17.0. The van der Waals surface area contributed by atoms with Crippen LogP contribution in [0, 0.1) is 0 Å². The van der Waals surface area contributed by atoms with Crippen molar-refractivity contribution < 1.29 is 14.3 Å². The van der Waals surface area contributed by atoms with Gasteiger partial charge < -0.3 is 15.0 Å². The molecule has 4 aromatic rings. The Bertz CT molecular complexity index is 1310. The van der Waals surface area contributed by atoms with Gasteiger partial charge >= 0.3 is 0 Å². The number of likely N-dealkylation sites (N-methyl/N-ethyl adjacent to an activating group) is 1. The molecular weight excluding hydrogens is 412 g/mol. The number of tetrazole rings is 1. The number of nitrogens with zero attached hydrogens (tertiary/aromatic N) is 7. The monoisotopic (exact) mass is 430 g/mol. The molecule has 160 valence electrons. The van der Waals surface area contributed by atoms with Crippen LogP contribution in [0.3, 0.4) is 0 Å². The maximum atomic E-state index is 13.0. The number of anilines is 1. The van der Waals surface area contributed by atoms with E-state index in [9.17, 15) is 9.59 Å². The van der Waals surface area contributed by atoms with Gasteiger partial charge in [0.15, 0.2) is 0 Å². The van der Waals surface area contributed by atoms with Crippen molar-refractivity contribution >= 4 is 28.5 Å². The van der Waals surface area contributed by atoms with Gasteiger partial charge in [-0.3, -0.25) is 19.6 Å². The minimum Gasteiger partial charge on any atom is -0.489 e. The molecule has 11 heteroatoms. The summed E-state index contributed by atoms with van der Waals surface area (Å²) in [5.41, 5.74) is 2.80. The number of rotatable bonds is 4. The van der Waals surface area contributed by atoms with Gasteiger partial charge in [0.1, 0.15) is 18.4 Å². The molecule has 32 heavy (non-hydrogen) atoms. The minimum atomic E-state index is -0.926. The van der Waals surface area contributed by atoms with Gasteiger partial charge in [0.05, 0.1) is 23.3 Å². The third-order valence-electron chi connectivity index (χ3n) is 5.07. The second-order valence-corrected chi connectivity index (χ2v) is 7.23. The highest BCUT2D eigenvalue weighted by atomic mass is 16.5. The highest BCUT2D eigenvalue weighted by Crippen LogP contribution is 2.33. The molecule has 1 aliphatic rings. The lowest BCUT2D eigenvalue weighted by Crippen LogP contribution is -2.49. The molecule has 0 unspecified atom stereocenters. The van der Waals surface area contributed by atoms with Crippen LogP contribution in [0.4, 0.5) is 5.69 Å². The Hall–Kier alpha value is -4.41. The average Bonchev–Trinajstić information content (AvgIpc) is 3.25. The maximum absolute atomic E-state index is 13.0. The van der Waals surface area contributed by atoms with E-state index in [1.165, 1.54) is 9.70 Å². The van der Waals surface area contributed by atoms with E-state index in [4.69, 9.17) is 4.74 Å². The first-order valence-corrected chi connectivity index (χ1v) is 9.86. The quantitative estimate of drug-likeness (QED) is 0.504. The molecule has 0 spiro atoms. The fourth-order valence-electron chi connectivity index (χ4n) is 3.43. The molecule has 0 radical (unpaired) electrons. The van der Waals surface area contributed by atoms with Crippen molar-refractivity contribution in [1.82, 2.24) is 35.5 Å². The van der Waals surface area contributed by atoms with Gasteiger partial charge in [0.25, 0.3) is 17.6 Å². The van der Waals surface area contributed by atoms with E-state index < -0.39 is 11.9 Å². The summed E-state index contributed by atoms with van der Waals surface area (Å²) in [6.07, 6.45) is 3.16. The normalized spacial score (nSPS) is 15.7. The Morgan fingerprint density at radius 2 is 1.91 bits per heavy atom. The Kier molecular flexibility index (Phi) is 4.90. The van der Waals surface area contributed by atoms with E-state index in [1.807, 2.05) is 30.3 Å². The van der Waals surface area contributed by atoms with Gasteiger partial charge in [0.2, 0.25) is 0 Å². The fourth-order valence-corrected chi connectivity index (χ4v) is 3.43. The SMILES string of the molecule is CN1C(=O)[C@@H](NC(=O)c2nnn(Cc3ccccc3)n2)COc2cc3nccnc3cc21. The molecule has 0 saturated heterocycles. The van der Waals surface area contributed by atoms with Crippen molar-refractivity contribution in [1.29, 1.82) is 0 Å². The van der Waals surface area contributed by atoms with E-state index in [2.05, 4.69) is 30.7 Å². The molecule has 0 saturated carbocycles. The Labute approximate surface area is 182 Å². The zero-order valence-corrected chi connectivity index (χ0v) is 17.0. The lowest BCUT2D eigenvalue weighted by atomic mass is 10.2. The van der Waals surface area contributed by atoms with Crippen LogP contribution in [0.15, 0.2) is 54.9 Å². The number of ether oxygens (including phenoxy) is 1. The van der Waals surface area contributed by atoms with Crippen molar-refractivity contribution in [3.63, 3.8) is 0 Å². The summed E-state index contributed by atoms with van der Waals surface area (Å²) in [5.74, 6) is -0.592. The number of aromatic nitrogens is 6. The van der Waals surface area contributed by atoms with Crippen LogP contribution >= 0.6 is 0 Å². The van der Waals surface area contributed by atoms with Crippen molar-refractivity contribution in [3.8, 4) is 5.75 Å². The first-order chi connectivity index (χ1) is 15.6. The van der Waals surface area contributed by atoms with Crippen LogP contribution < -0.4 is 15.0 Å². The first kappa shape index (κ1) is 19.5. The second-order valence-electron chi connectivity index (χ2n) is 7.23. The van der Waals surface area contributed by atoms with Gasteiger partial charge in [-0.2, -0.15) is 4.80 Å². The van der Waals surface area contributed by atoms with E-state index in [0.29, 0.717) is 29.0 Å². The standard InChI is InChI=1S/C21H18N8O3/c1-28-17-9-14-15(23-8-7-22-14)10-18(17)32-12-16(21(28)31)24-20(30)19-25-27-29(26-19)11-13-5-3-2-4-6-13/h2-10,16H,11-12H2,1H3,(H,24,30)/t16-/m0/s1. The molecule has 2 aromatic carbocycles. The number of hydrogen-bond donors (Lipinski definition) is 1. The van der Waals surface area contributed by atoms with Gasteiger partial charge in [-0.25, -0.2) is 0 Å². The van der Waals surface area contributed by atoms with Crippen molar-refractivity contribution in [2.24, 2.45) is 0 Å². The topological polar surface area (TPSA) is 128 Å². The van der Waals surface area contributed by atoms with E-state index in [1.54, 1.807) is 31.6 Å². The van der Waals surface area contributed by atoms with Crippen LogP contribution in [0.25, 0.3) is 11.0 Å². The van der Waals surface area contributed by atoms with Crippen LogP contribution in [-0.4, -0.2) is 61.7 Å². The van der Waals surface area contributed by atoms with Crippen LogP contribution in [0.1, 0.15) is 16.2 Å². The summed E-state index contributed by atoms with van der Waals surface area (Å²) in [4.78, 5) is 36.9. The van der Waals surface area contributed by atoms with Gasteiger partial charge in [-0.05, 0) is 16.8 Å². The number of fused-ring (bicyclic) bond motifs is 2. The minimum absolute atomic E-state index is 0.0498. The Balaban J connectivity index is 1.32. The first-order valence-electron chi connectivity index (χ1n) is 9.86. The second kappa shape index (κ2) is 8.02. The van der Waals surface area contributed by atoms with E-state index in [0.717, 1.165) is 5.56 Å². The summed E-state index contributed by atoms with van der Waals surface area (Å²) in [7, 11) is 1.62. The number of carbonyl (C=O) groups is 2. The molecule has 2 amide bonds. The van der Waals surface area contributed by atoms with E-state index in [-0.39, 0.29) is 18.3 Å². The lowest BCUT2D eigenvalue weighted by molar-refractivity contribution is -0.120. The van der Waals surface area contributed by atoms with Crippen LogP contribution in [0.5, 0.6) is 5.75 Å². The zero-order chi connectivity index (χ0) is 22.1. The lowest BCUT2D eigenvalue weighted by Gasteiger charge is -2.20. The Morgan fingerprint density at radius 3 is 2.69 bits per heavy atom. The van der Waals surface area contributed by atoms with Gasteiger partial charge in [-0.1, -0.05) is 30.3 Å². The summed E-state index contributed by atoms with van der Waals surface area (Å²) in [5, 5.41) is 14.5. The highest BCUT2D eigenvalue weighted by Gasteiger charge is 2.32. The summed E-state index contributed by atoms with van der Waals surface area (Å²) >= 11 is 0. The predicted octanol–water partition coefficient (Wildman–Crippen LogP) is 0.818. The third-order valence-corrected chi connectivity index (χ3v) is 5.07. The van der Waals surface area contributed by atoms with Crippen LogP contribution in [0.2, 0.25) is 0 Å². The highest BCUT2D eigenvalue weighted by molar-refractivity contribution is 6.03. The molecular formula is C21H18N8O3. The maximum Gasteiger partial charge on any atom is 0.293 e. The smallest absolute Gasteiger partial charge is 0.293 e. The number of nitrogens with one attached hydrogen (secondary N) is 1. The Morgan fingerprint density at radius 1 is 1.16 bits per heavy atom. The van der Waals surface area contributed by atoms with Crippen molar-refractivity contribution in [2.45, 2.75) is 12.6 Å². The van der Waals surface area contributed by atoms with Crippen LogP contribution in [-0.2, 0) is 11.3 Å². The molecule has 0 aliphatic carbocycles. The summed E-state index contributed by atoms with van der Waals surface area (Å²) in [6.45, 7) is 0.325. The molecule has 2 aromatic heterocycles. The predicted molar refractivity (Wildman–Crippen MR) is 113 cm³/mol. The number of carbonyl (C=O) groups excluding carboxylic acids is 2. The fraction of sp³-hybridized carbons (Fsp3) is 0.190. The third kappa shape index (κ3) is 3.71. The average molecular weight is 430 g/mol. The number of benzene rings is 2. The van der Waals surface area contributed by atoms with Crippen molar-refractivity contribution in [2.75, 3.05) is 18.6 Å². The molecule has 5 rings (SSSR count). The number of hydrogen-bond acceptors (Lipinski definition) is 8. The van der Waals surface area contributed by atoms with Gasteiger partial charge in [-0.15, -0.1) is 10.2 Å². The molecule has 1 N–H and O–H groups in total. The van der Waals surface area contributed by atoms with Gasteiger partial charge in [0, 0.05) is 25.5 Å². The molecule has 1 atom stereocenters. The largest absolute Gasteiger partial charge is 0.489 e. The van der Waals surface area contributed by atoms with E-state index >= 15 is 0 Å². The molecule has 3 heterocycles. The summed E-state index contributed by atoms with van der Waals surface area (Å²) < 4.78 is 5.82. The molecule has 0 fully saturated rings. The summed E-state index contributed by atoms with van der Waals surface area (Å²) in [6, 6.07) is 12.1. The molecule has 1 aliphatic heterocycles. The molecule has 11 nitrogen and oxygen atoms in total. The molecule has 0 bridgehead atoms.